The Labute approximate surface area is 274 Å². The van der Waals surface area contributed by atoms with Gasteiger partial charge in [-0.2, -0.15) is 5.10 Å². The number of allylic oxidation sites excluding steroid dienone is 6. The third-order valence-corrected chi connectivity index (χ3v) is 8.84. The van der Waals surface area contributed by atoms with Crippen molar-refractivity contribution in [1.29, 1.82) is 0 Å². The Kier molecular flexibility index (Phi) is 11.4. The van der Waals surface area contributed by atoms with Crippen LogP contribution in [0.25, 0.3) is 28.7 Å². The second-order valence-corrected chi connectivity index (χ2v) is 12.1. The van der Waals surface area contributed by atoms with Gasteiger partial charge in [-0.1, -0.05) is 88.9 Å². The number of aliphatic hydroxyl groups excluding tert-OH is 1. The fraction of sp³-hybridized carbons (Fsp3) is 0.410. The Morgan fingerprint density at radius 2 is 1.63 bits per heavy atom. The van der Waals surface area contributed by atoms with E-state index < -0.39 is 0 Å². The number of anilines is 1. The van der Waals surface area contributed by atoms with Crippen LogP contribution < -0.4 is 14.9 Å². The largest absolute Gasteiger partial charge is 0.494 e. The van der Waals surface area contributed by atoms with E-state index in [0.717, 1.165) is 78.5 Å². The summed E-state index contributed by atoms with van der Waals surface area (Å²) in [5.74, 6) is 1.29. The van der Waals surface area contributed by atoms with Crippen molar-refractivity contribution >= 4 is 23.0 Å². The summed E-state index contributed by atoms with van der Waals surface area (Å²) < 4.78 is 7.60. The Morgan fingerprint density at radius 3 is 2.41 bits per heavy atom. The average molecular weight is 620 g/mol. The summed E-state index contributed by atoms with van der Waals surface area (Å²) in [6.07, 6.45) is 17.2. The summed E-state index contributed by atoms with van der Waals surface area (Å²) in [5, 5.41) is 20.7. The van der Waals surface area contributed by atoms with Crippen molar-refractivity contribution in [3.8, 4) is 17.1 Å². The molecular formula is C39H49N5O2. The number of unbranched alkanes of at least 4 members (excludes halogenated alkanes) is 4. The van der Waals surface area contributed by atoms with E-state index in [2.05, 4.69) is 88.1 Å². The molecule has 7 heteroatoms. The molecule has 0 aliphatic carbocycles. The van der Waals surface area contributed by atoms with Crippen molar-refractivity contribution in [2.75, 3.05) is 18.1 Å². The van der Waals surface area contributed by atoms with Crippen molar-refractivity contribution < 1.29 is 9.84 Å². The molecule has 2 aromatic carbocycles. The third-order valence-electron chi connectivity index (χ3n) is 8.84. The van der Waals surface area contributed by atoms with Gasteiger partial charge in [-0.15, -0.1) is 9.73 Å². The molecule has 1 N–H and O–H groups in total. The van der Waals surface area contributed by atoms with Gasteiger partial charge in [-0.05, 0) is 80.5 Å². The van der Waals surface area contributed by atoms with Gasteiger partial charge in [0.2, 0.25) is 0 Å². The maximum Gasteiger partial charge on any atom is 0.185 e. The number of aromatic nitrogens is 4. The van der Waals surface area contributed by atoms with Crippen molar-refractivity contribution in [3.05, 3.63) is 94.0 Å². The second kappa shape index (κ2) is 15.9. The van der Waals surface area contributed by atoms with Gasteiger partial charge in [0, 0.05) is 34.3 Å². The molecule has 5 rings (SSSR count). The Hall–Kier alpha value is -4.23. The number of fused-ring (bicyclic) bond motifs is 2. The van der Waals surface area contributed by atoms with Gasteiger partial charge in [-0.25, -0.2) is 4.98 Å². The third kappa shape index (κ3) is 7.26. The number of rotatable bonds is 15. The number of para-hydroxylation sites is 1. The summed E-state index contributed by atoms with van der Waals surface area (Å²) in [7, 11) is 0. The van der Waals surface area contributed by atoms with Crippen LogP contribution >= 0.6 is 0 Å². The maximum absolute atomic E-state index is 10.1. The van der Waals surface area contributed by atoms with Crippen LogP contribution in [0.3, 0.4) is 0 Å². The van der Waals surface area contributed by atoms with Crippen LogP contribution in [0, 0.1) is 0 Å². The van der Waals surface area contributed by atoms with Crippen molar-refractivity contribution in [2.24, 2.45) is 0 Å². The minimum absolute atomic E-state index is 0.104. The number of hydrogen-bond donors (Lipinski definition) is 1. The van der Waals surface area contributed by atoms with Gasteiger partial charge in [0.1, 0.15) is 5.75 Å². The van der Waals surface area contributed by atoms with E-state index in [1.807, 2.05) is 18.2 Å². The van der Waals surface area contributed by atoms with Crippen LogP contribution in [0.5, 0.6) is 5.75 Å². The smallest absolute Gasteiger partial charge is 0.185 e. The lowest BCUT2D eigenvalue weighted by Gasteiger charge is -2.34. The first-order valence-electron chi connectivity index (χ1n) is 17.1. The number of nitrogens with zero attached hydrogens (tertiary/aromatic N) is 5. The number of aliphatic hydroxyl groups is 1. The van der Waals surface area contributed by atoms with Gasteiger partial charge in [-0.3, -0.25) is 0 Å². The highest BCUT2D eigenvalue weighted by atomic mass is 16.5. The summed E-state index contributed by atoms with van der Waals surface area (Å²) >= 11 is 0. The fourth-order valence-electron chi connectivity index (χ4n) is 6.02. The molecule has 3 heterocycles. The van der Waals surface area contributed by atoms with Gasteiger partial charge >= 0.3 is 0 Å². The quantitative estimate of drug-likeness (QED) is 0.135. The summed E-state index contributed by atoms with van der Waals surface area (Å²) in [5.41, 5.74) is 9.68. The molecule has 0 fully saturated rings. The zero-order chi connectivity index (χ0) is 32.5. The lowest BCUT2D eigenvalue weighted by atomic mass is 9.90. The van der Waals surface area contributed by atoms with E-state index in [1.54, 1.807) is 4.63 Å². The molecule has 0 amide bonds. The molecule has 0 unspecified atom stereocenters. The molecule has 7 nitrogen and oxygen atoms in total. The van der Waals surface area contributed by atoms with Crippen LogP contribution in [-0.4, -0.2) is 38.1 Å². The minimum Gasteiger partial charge on any atom is -0.494 e. The predicted octanol–water partition coefficient (Wildman–Crippen LogP) is 8.25. The number of aryl methyl sites for hydroxylation is 1. The molecule has 0 atom stereocenters. The molecule has 0 saturated carbocycles. The molecule has 1 aliphatic heterocycles. The van der Waals surface area contributed by atoms with E-state index in [-0.39, 0.29) is 6.61 Å². The summed E-state index contributed by atoms with van der Waals surface area (Å²) in [6, 6.07) is 14.4. The molecule has 0 saturated heterocycles. The van der Waals surface area contributed by atoms with Gasteiger partial charge in [0.05, 0.1) is 18.9 Å². The molecule has 4 aromatic rings. The van der Waals surface area contributed by atoms with Crippen molar-refractivity contribution in [2.45, 2.75) is 92.6 Å². The maximum atomic E-state index is 10.1. The minimum atomic E-state index is -0.104. The van der Waals surface area contributed by atoms with Gasteiger partial charge < -0.3 is 14.7 Å². The molecule has 242 valence electrons. The molecule has 0 radical (unpaired) electrons. The molecule has 0 spiro atoms. The average Bonchev–Trinajstić information content (AvgIpc) is 3.63. The summed E-state index contributed by atoms with van der Waals surface area (Å²) in [4.78, 5) is 7.43. The lowest BCUT2D eigenvalue weighted by Crippen LogP contribution is -2.27. The number of ether oxygens (including phenoxy) is 1. The van der Waals surface area contributed by atoms with Crippen LogP contribution in [0.2, 0.25) is 0 Å². The first kappa shape index (κ1) is 33.1. The SMILES string of the molecule is CCCCCc1nn2nc(-c3cc(OCCCC)ccc3CO)nc2\c1=C/C=C/C=C1\C(C)=C(C)N(CCCC)c2ccccc21. The lowest BCUT2D eigenvalue weighted by molar-refractivity contribution is 0.281. The standard InChI is InChI=1S/C39H49N5O2/c1-6-9-12-20-36-34(19-14-13-17-32-28(4)29(5)43(24-10-7-2)37-21-16-15-18-33(32)37)39-40-38(42-44(39)41-36)35-26-31(46-25-11-8-3)23-22-30(35)27-45/h13-19,21-23,26,45H,6-12,20,24-25,27H2,1-5H3/b14-13+,32-17+,34-19-. The predicted molar refractivity (Wildman–Crippen MR) is 190 cm³/mol. The molecule has 1 aliphatic rings. The summed E-state index contributed by atoms with van der Waals surface area (Å²) in [6.45, 7) is 12.6. The normalized spacial score (nSPS) is 14.8. The first-order chi connectivity index (χ1) is 22.5. The molecular weight excluding hydrogens is 570 g/mol. The van der Waals surface area contributed by atoms with Crippen molar-refractivity contribution in [1.82, 2.24) is 19.8 Å². The van der Waals surface area contributed by atoms with E-state index >= 15 is 0 Å². The number of benzene rings is 2. The van der Waals surface area contributed by atoms with Crippen LogP contribution in [0.4, 0.5) is 5.69 Å². The van der Waals surface area contributed by atoms with Gasteiger partial charge in [0.25, 0.3) is 0 Å². The van der Waals surface area contributed by atoms with E-state index in [9.17, 15) is 5.11 Å². The van der Waals surface area contributed by atoms with Gasteiger partial charge in [0.15, 0.2) is 11.5 Å². The van der Waals surface area contributed by atoms with Crippen LogP contribution in [0.15, 0.2) is 72.0 Å². The number of hydrogen-bond acceptors (Lipinski definition) is 6. The topological polar surface area (TPSA) is 75.8 Å². The van der Waals surface area contributed by atoms with Crippen molar-refractivity contribution in [3.63, 3.8) is 0 Å². The van der Waals surface area contributed by atoms with E-state index in [1.165, 1.54) is 40.9 Å². The van der Waals surface area contributed by atoms with Crippen LogP contribution in [-0.2, 0) is 13.0 Å². The fourth-order valence-corrected chi connectivity index (χ4v) is 6.02. The van der Waals surface area contributed by atoms with E-state index in [0.29, 0.717) is 12.4 Å². The Morgan fingerprint density at radius 1 is 0.848 bits per heavy atom. The molecule has 2 aromatic heterocycles. The second-order valence-electron chi connectivity index (χ2n) is 12.1. The van der Waals surface area contributed by atoms with Crippen LogP contribution in [0.1, 0.15) is 96.4 Å². The highest BCUT2D eigenvalue weighted by Gasteiger charge is 2.23. The zero-order valence-corrected chi connectivity index (χ0v) is 28.2. The Balaban J connectivity index is 1.51. The monoisotopic (exact) mass is 619 g/mol. The highest BCUT2D eigenvalue weighted by molar-refractivity contribution is 5.91. The molecule has 0 bridgehead atoms. The first-order valence-corrected chi connectivity index (χ1v) is 17.1. The highest BCUT2D eigenvalue weighted by Crippen LogP contribution is 2.40. The zero-order valence-electron chi connectivity index (χ0n) is 28.2. The van der Waals surface area contributed by atoms with E-state index in [4.69, 9.17) is 19.9 Å². The Bertz CT molecular complexity index is 1780. The molecule has 46 heavy (non-hydrogen) atoms.